The molecule has 2 aromatic carbocycles. The summed E-state index contributed by atoms with van der Waals surface area (Å²) in [5.41, 5.74) is 1.46. The Bertz CT molecular complexity index is 1560. The largest absolute Gasteiger partial charge is 0.493 e. The van der Waals surface area contributed by atoms with Gasteiger partial charge in [0.2, 0.25) is 5.91 Å². The summed E-state index contributed by atoms with van der Waals surface area (Å²) in [6.07, 6.45) is 5.02. The molecular formula is C32H34N4O10S. The second-order valence-corrected chi connectivity index (χ2v) is 11.2. The van der Waals surface area contributed by atoms with Gasteiger partial charge in [-0.1, -0.05) is 36.0 Å². The molecule has 4 rings (SSSR count). The third kappa shape index (κ3) is 10.6. The minimum absolute atomic E-state index is 0.0939. The molecule has 248 valence electrons. The number of anilines is 1. The van der Waals surface area contributed by atoms with Crippen molar-refractivity contribution in [1.29, 1.82) is 0 Å². The summed E-state index contributed by atoms with van der Waals surface area (Å²) in [5, 5.41) is 8.22. The summed E-state index contributed by atoms with van der Waals surface area (Å²) in [6, 6.07) is 18.0. The summed E-state index contributed by atoms with van der Waals surface area (Å²) in [5.74, 6) is 1.17. The zero-order valence-electron chi connectivity index (χ0n) is 25.8. The van der Waals surface area contributed by atoms with Gasteiger partial charge in [0.25, 0.3) is 10.3 Å². The molecule has 1 saturated heterocycles. The Balaban J connectivity index is 1.20. The maximum Gasteiger partial charge on any atom is 0.332 e. The van der Waals surface area contributed by atoms with Gasteiger partial charge in [-0.15, -0.1) is 10.1 Å². The van der Waals surface area contributed by atoms with E-state index in [1.807, 2.05) is 54.4 Å². The predicted molar refractivity (Wildman–Crippen MR) is 173 cm³/mol. The number of carbonyl (C=O) groups excluding carboxylic acids is 3. The van der Waals surface area contributed by atoms with Crippen LogP contribution in [-0.2, 0) is 25.6 Å². The Morgan fingerprint density at radius 3 is 2.60 bits per heavy atom. The molecule has 3 aromatic rings. The molecule has 15 heteroatoms. The average Bonchev–Trinajstić information content (AvgIpc) is 3.34. The summed E-state index contributed by atoms with van der Waals surface area (Å²) >= 11 is 0.895. The van der Waals surface area contributed by atoms with Crippen LogP contribution in [0.2, 0.25) is 0 Å². The third-order valence-corrected chi connectivity index (χ3v) is 7.84. The number of hydrogen-bond donors (Lipinski definition) is 0. The predicted octanol–water partition coefficient (Wildman–Crippen LogP) is 4.40. The molecule has 1 unspecified atom stereocenters. The number of likely N-dealkylation sites (N-methyl/N-ethyl adjacent to an activating group) is 1. The van der Waals surface area contributed by atoms with Crippen LogP contribution in [-0.4, -0.2) is 84.6 Å². The Labute approximate surface area is 275 Å². The van der Waals surface area contributed by atoms with Crippen molar-refractivity contribution in [2.24, 2.45) is 0 Å². The van der Waals surface area contributed by atoms with Gasteiger partial charge in [0.15, 0.2) is 18.2 Å². The molecule has 1 aromatic heterocycles. The monoisotopic (exact) mass is 666 g/mol. The van der Waals surface area contributed by atoms with Gasteiger partial charge in [-0.05, 0) is 60.0 Å². The molecule has 1 aliphatic heterocycles. The van der Waals surface area contributed by atoms with Gasteiger partial charge in [-0.25, -0.2) is 14.7 Å². The summed E-state index contributed by atoms with van der Waals surface area (Å²) in [7, 11) is 3.39. The van der Waals surface area contributed by atoms with Crippen molar-refractivity contribution in [3.8, 4) is 17.2 Å². The topological polar surface area (TPSA) is 160 Å². The van der Waals surface area contributed by atoms with Crippen molar-refractivity contribution in [1.82, 2.24) is 9.88 Å². The van der Waals surface area contributed by atoms with Crippen molar-refractivity contribution in [3.05, 3.63) is 94.2 Å². The summed E-state index contributed by atoms with van der Waals surface area (Å²) < 4.78 is 21.9. The molecule has 2 heterocycles. The van der Waals surface area contributed by atoms with Crippen molar-refractivity contribution in [2.75, 3.05) is 52.2 Å². The molecule has 2 amide bonds. The summed E-state index contributed by atoms with van der Waals surface area (Å²) in [4.78, 5) is 59.5. The van der Waals surface area contributed by atoms with Crippen LogP contribution in [0.5, 0.6) is 17.2 Å². The minimum atomic E-state index is -0.867. The van der Waals surface area contributed by atoms with Gasteiger partial charge in [-0.2, -0.15) is 0 Å². The number of esters is 1. The number of hydrogen-bond acceptors (Lipinski definition) is 13. The second-order valence-electron chi connectivity index (χ2n) is 10.0. The van der Waals surface area contributed by atoms with Crippen LogP contribution in [0.3, 0.4) is 0 Å². The van der Waals surface area contributed by atoms with E-state index in [-0.39, 0.29) is 13.2 Å². The van der Waals surface area contributed by atoms with Crippen molar-refractivity contribution < 1.29 is 43.3 Å². The first-order valence-electron chi connectivity index (χ1n) is 14.5. The molecule has 0 bridgehead atoms. The molecule has 1 fully saturated rings. The van der Waals surface area contributed by atoms with Gasteiger partial charge < -0.3 is 28.7 Å². The average molecular weight is 667 g/mol. The van der Waals surface area contributed by atoms with Crippen LogP contribution in [0, 0.1) is 10.1 Å². The van der Waals surface area contributed by atoms with Crippen LogP contribution in [0.4, 0.5) is 10.6 Å². The first-order chi connectivity index (χ1) is 22.7. The molecule has 47 heavy (non-hydrogen) atoms. The molecule has 1 atom stereocenters. The van der Waals surface area contributed by atoms with Crippen molar-refractivity contribution in [3.63, 3.8) is 0 Å². The van der Waals surface area contributed by atoms with E-state index in [0.29, 0.717) is 48.8 Å². The number of benzene rings is 2. The molecular weight excluding hydrogens is 632 g/mol. The number of nitrogens with zero attached hydrogens (tertiary/aromatic N) is 4. The fourth-order valence-electron chi connectivity index (χ4n) is 4.30. The molecule has 0 saturated carbocycles. The number of rotatable bonds is 18. The van der Waals surface area contributed by atoms with Crippen LogP contribution in [0.15, 0.2) is 72.9 Å². The second kappa shape index (κ2) is 17.4. The number of imide groups is 1. The summed E-state index contributed by atoms with van der Waals surface area (Å²) in [6.45, 7) is 0.691. The minimum Gasteiger partial charge on any atom is -0.493 e. The third-order valence-electron chi connectivity index (χ3n) is 6.76. The lowest BCUT2D eigenvalue weighted by Crippen LogP contribution is -2.34. The highest BCUT2D eigenvalue weighted by molar-refractivity contribution is 8.15. The molecule has 1 aliphatic rings. The lowest BCUT2D eigenvalue weighted by Gasteiger charge is -2.18. The Hall–Kier alpha value is -5.31. The van der Waals surface area contributed by atoms with E-state index in [2.05, 4.69) is 9.82 Å². The van der Waals surface area contributed by atoms with Gasteiger partial charge in [0.05, 0.1) is 32.1 Å². The van der Waals surface area contributed by atoms with E-state index < -0.39 is 34.2 Å². The Kier molecular flexibility index (Phi) is 12.8. The number of carbonyl (C=O) groups is 3. The van der Waals surface area contributed by atoms with E-state index in [9.17, 15) is 24.5 Å². The molecule has 14 nitrogen and oxygen atoms in total. The van der Waals surface area contributed by atoms with Gasteiger partial charge in [0, 0.05) is 25.7 Å². The van der Waals surface area contributed by atoms with E-state index >= 15 is 0 Å². The van der Waals surface area contributed by atoms with E-state index in [4.69, 9.17) is 18.9 Å². The van der Waals surface area contributed by atoms with E-state index in [1.54, 1.807) is 24.4 Å². The maximum absolute atomic E-state index is 12.9. The Morgan fingerprint density at radius 2 is 1.87 bits per heavy atom. The fourth-order valence-corrected chi connectivity index (χ4v) is 5.32. The zero-order chi connectivity index (χ0) is 33.6. The van der Waals surface area contributed by atoms with Crippen molar-refractivity contribution in [2.45, 2.75) is 18.1 Å². The lowest BCUT2D eigenvalue weighted by atomic mass is 10.1. The smallest absolute Gasteiger partial charge is 0.332 e. The fraction of sp³-hybridized carbons (Fsp3) is 0.312. The first kappa shape index (κ1) is 34.6. The van der Waals surface area contributed by atoms with Crippen LogP contribution < -0.4 is 19.1 Å². The molecule has 0 spiro atoms. The number of ether oxygens (including phenoxy) is 4. The quantitative estimate of drug-likeness (QED) is 0.0618. The van der Waals surface area contributed by atoms with E-state index in [0.717, 1.165) is 28.0 Å². The van der Waals surface area contributed by atoms with Crippen LogP contribution in [0.1, 0.15) is 17.5 Å². The van der Waals surface area contributed by atoms with Crippen LogP contribution >= 0.6 is 11.8 Å². The highest BCUT2D eigenvalue weighted by Gasteiger charge is 2.40. The van der Waals surface area contributed by atoms with Gasteiger partial charge in [0.1, 0.15) is 18.2 Å². The van der Waals surface area contributed by atoms with Crippen molar-refractivity contribution >= 4 is 40.8 Å². The normalized spacial score (nSPS) is 14.3. The first-order valence-corrected chi connectivity index (χ1v) is 15.4. The maximum atomic E-state index is 12.9. The van der Waals surface area contributed by atoms with Gasteiger partial charge in [-0.3, -0.25) is 9.59 Å². The lowest BCUT2D eigenvalue weighted by molar-refractivity contribution is -0.757. The number of aromatic nitrogens is 1. The number of amides is 2. The molecule has 0 N–H and O–H groups in total. The number of pyridine rings is 1. The van der Waals surface area contributed by atoms with Crippen LogP contribution in [0.25, 0.3) is 6.08 Å². The van der Waals surface area contributed by atoms with E-state index in [1.165, 1.54) is 19.3 Å². The number of thioether (sulfide) groups is 1. The van der Waals surface area contributed by atoms with Gasteiger partial charge >= 0.3 is 5.97 Å². The zero-order valence-corrected chi connectivity index (χ0v) is 26.6. The Morgan fingerprint density at radius 1 is 1.06 bits per heavy atom. The molecule has 0 aliphatic carbocycles. The molecule has 0 radical (unpaired) electrons. The highest BCUT2D eigenvalue weighted by atomic mass is 32.2. The SMILES string of the molecule is COc1cc(/C=C/C(=O)OCN2C(=O)SC(Cc3ccc(OCCN(C)c4ccccn4)cc3)C2=O)ccc1OCCCO[N+](=O)[O-]. The standard InChI is InChI=1S/C32H34N4O10S/c1-34(29-6-3-4-15-33-29)16-19-43-25-11-7-24(8-12-25)21-28-31(38)35(32(39)47-28)22-45-30(37)14-10-23-9-13-26(27(20-23)42-2)44-17-5-18-46-36(40)41/h3-4,6-15,20,28H,5,16-19,21-22H2,1-2H3/b14-10+. The highest BCUT2D eigenvalue weighted by Crippen LogP contribution is 2.31. The number of methoxy groups -OCH3 is 1.